The standard InChI is InChI=1S/C17H24N4O2/c1-4-14-12(3)10-15(23-14)17(22)21-9-8-20(5-2)13(11-21)16-18-6-7-19-16/h6-7,10,13H,4-5,8-9,11H2,1-3H3,(H,18,19)/t13-/m1/s1. The van der Waals surface area contributed by atoms with Crippen LogP contribution in [0.15, 0.2) is 22.9 Å². The molecule has 1 fully saturated rings. The molecule has 1 atom stereocenters. The number of aromatic nitrogens is 2. The number of hydrogen-bond acceptors (Lipinski definition) is 4. The Balaban J connectivity index is 1.79. The summed E-state index contributed by atoms with van der Waals surface area (Å²) in [7, 11) is 0. The molecule has 6 heteroatoms. The van der Waals surface area contributed by atoms with E-state index in [9.17, 15) is 4.79 Å². The molecule has 6 nitrogen and oxygen atoms in total. The molecule has 0 bridgehead atoms. The minimum atomic E-state index is -0.0277. The van der Waals surface area contributed by atoms with E-state index in [1.807, 2.05) is 31.0 Å². The summed E-state index contributed by atoms with van der Waals surface area (Å²) < 4.78 is 5.73. The Kier molecular flexibility index (Phi) is 4.52. The van der Waals surface area contributed by atoms with Crippen LogP contribution in [0.1, 0.15) is 47.6 Å². The number of likely N-dealkylation sites (N-methyl/N-ethyl adjacent to an activating group) is 1. The lowest BCUT2D eigenvalue weighted by atomic mass is 10.1. The van der Waals surface area contributed by atoms with Crippen molar-refractivity contribution in [1.29, 1.82) is 0 Å². The highest BCUT2D eigenvalue weighted by molar-refractivity contribution is 5.92. The van der Waals surface area contributed by atoms with Crippen molar-refractivity contribution in [1.82, 2.24) is 19.8 Å². The summed E-state index contributed by atoms with van der Waals surface area (Å²) in [6, 6.07) is 1.96. The highest BCUT2D eigenvalue weighted by Gasteiger charge is 2.32. The molecule has 0 spiro atoms. The second kappa shape index (κ2) is 6.58. The Morgan fingerprint density at radius 2 is 2.26 bits per heavy atom. The lowest BCUT2D eigenvalue weighted by molar-refractivity contribution is 0.0452. The van der Waals surface area contributed by atoms with Crippen LogP contribution >= 0.6 is 0 Å². The van der Waals surface area contributed by atoms with E-state index in [0.717, 1.165) is 36.7 Å². The summed E-state index contributed by atoms with van der Waals surface area (Å²) in [5.41, 5.74) is 1.05. The molecule has 23 heavy (non-hydrogen) atoms. The van der Waals surface area contributed by atoms with Crippen LogP contribution in [-0.2, 0) is 6.42 Å². The minimum Gasteiger partial charge on any atom is -0.456 e. The van der Waals surface area contributed by atoms with Crippen molar-refractivity contribution in [3.63, 3.8) is 0 Å². The van der Waals surface area contributed by atoms with Gasteiger partial charge in [-0.05, 0) is 25.1 Å². The number of carbonyl (C=O) groups is 1. The van der Waals surface area contributed by atoms with Gasteiger partial charge >= 0.3 is 0 Å². The van der Waals surface area contributed by atoms with E-state index in [0.29, 0.717) is 18.8 Å². The van der Waals surface area contributed by atoms with Crippen molar-refractivity contribution in [3.8, 4) is 0 Å². The summed E-state index contributed by atoms with van der Waals surface area (Å²) in [4.78, 5) is 24.5. The first-order chi connectivity index (χ1) is 11.1. The van der Waals surface area contributed by atoms with Crippen LogP contribution in [-0.4, -0.2) is 51.9 Å². The summed E-state index contributed by atoms with van der Waals surface area (Å²) in [5, 5.41) is 0. The van der Waals surface area contributed by atoms with Gasteiger partial charge in [0.05, 0.1) is 6.04 Å². The van der Waals surface area contributed by atoms with E-state index in [1.54, 1.807) is 6.20 Å². The van der Waals surface area contributed by atoms with Crippen molar-refractivity contribution in [2.45, 2.75) is 33.2 Å². The minimum absolute atomic E-state index is 0.0277. The van der Waals surface area contributed by atoms with Crippen molar-refractivity contribution in [3.05, 3.63) is 41.4 Å². The van der Waals surface area contributed by atoms with Gasteiger partial charge < -0.3 is 14.3 Å². The molecule has 0 aromatic carbocycles. The predicted octanol–water partition coefficient (Wildman–Crippen LogP) is 2.39. The first kappa shape index (κ1) is 15.8. The molecule has 1 aliphatic heterocycles. The third-order valence-corrected chi connectivity index (χ3v) is 4.57. The molecule has 1 saturated heterocycles. The van der Waals surface area contributed by atoms with E-state index in [2.05, 4.69) is 21.8 Å². The zero-order valence-electron chi connectivity index (χ0n) is 14.0. The lowest BCUT2D eigenvalue weighted by Crippen LogP contribution is -2.50. The summed E-state index contributed by atoms with van der Waals surface area (Å²) in [6.07, 6.45) is 4.39. The van der Waals surface area contributed by atoms with Crippen molar-refractivity contribution in [2.75, 3.05) is 26.2 Å². The number of nitrogens with one attached hydrogen (secondary N) is 1. The van der Waals surface area contributed by atoms with Gasteiger partial charge in [-0.15, -0.1) is 0 Å². The predicted molar refractivity (Wildman–Crippen MR) is 87.3 cm³/mol. The fourth-order valence-corrected chi connectivity index (χ4v) is 3.23. The topological polar surface area (TPSA) is 65.4 Å². The molecule has 1 N–H and O–H groups in total. The normalized spacial score (nSPS) is 19.3. The Morgan fingerprint density at radius 1 is 1.43 bits per heavy atom. The van der Waals surface area contributed by atoms with Crippen molar-refractivity contribution in [2.24, 2.45) is 0 Å². The Bertz CT molecular complexity index is 662. The molecule has 0 aliphatic carbocycles. The number of imidazole rings is 1. The number of amides is 1. The fourth-order valence-electron chi connectivity index (χ4n) is 3.23. The Labute approximate surface area is 136 Å². The average Bonchev–Trinajstić information content (AvgIpc) is 3.23. The Hall–Kier alpha value is -2.08. The average molecular weight is 316 g/mol. The zero-order valence-corrected chi connectivity index (χ0v) is 14.0. The summed E-state index contributed by atoms with van der Waals surface area (Å²) in [6.45, 7) is 9.28. The van der Waals surface area contributed by atoms with Crippen LogP contribution < -0.4 is 0 Å². The van der Waals surface area contributed by atoms with Gasteiger partial charge in [-0.25, -0.2) is 4.98 Å². The smallest absolute Gasteiger partial charge is 0.289 e. The number of H-pyrrole nitrogens is 1. The molecule has 2 aromatic heterocycles. The molecule has 0 unspecified atom stereocenters. The highest BCUT2D eigenvalue weighted by Crippen LogP contribution is 2.25. The number of aromatic amines is 1. The van der Waals surface area contributed by atoms with Gasteiger partial charge in [0.1, 0.15) is 11.6 Å². The zero-order chi connectivity index (χ0) is 16.4. The molecule has 1 aliphatic rings. The first-order valence-electron chi connectivity index (χ1n) is 8.25. The molecule has 3 rings (SSSR count). The van der Waals surface area contributed by atoms with Gasteiger partial charge in [-0.3, -0.25) is 9.69 Å². The fraction of sp³-hybridized carbons (Fsp3) is 0.529. The third kappa shape index (κ3) is 3.03. The second-order valence-corrected chi connectivity index (χ2v) is 5.94. The molecular weight excluding hydrogens is 292 g/mol. The monoisotopic (exact) mass is 316 g/mol. The van der Waals surface area contributed by atoms with Crippen LogP contribution in [0.4, 0.5) is 0 Å². The second-order valence-electron chi connectivity index (χ2n) is 5.94. The molecule has 0 radical (unpaired) electrons. The Morgan fingerprint density at radius 3 is 2.87 bits per heavy atom. The molecule has 124 valence electrons. The maximum absolute atomic E-state index is 12.8. The SMILES string of the molecule is CCc1oc(C(=O)N2CCN(CC)[C@@H](c3ncc[nH]3)C2)cc1C. The summed E-state index contributed by atoms with van der Waals surface area (Å²) >= 11 is 0. The molecule has 2 aromatic rings. The number of nitrogens with zero attached hydrogens (tertiary/aromatic N) is 3. The summed E-state index contributed by atoms with van der Waals surface area (Å²) in [5.74, 6) is 2.22. The van der Waals surface area contributed by atoms with Crippen LogP contribution in [0.25, 0.3) is 0 Å². The van der Waals surface area contributed by atoms with E-state index in [4.69, 9.17) is 4.42 Å². The molecule has 0 saturated carbocycles. The largest absolute Gasteiger partial charge is 0.456 e. The van der Waals surface area contributed by atoms with Gasteiger partial charge in [0.2, 0.25) is 0 Å². The van der Waals surface area contributed by atoms with Crippen LogP contribution in [0.3, 0.4) is 0 Å². The van der Waals surface area contributed by atoms with Gasteiger partial charge in [0.15, 0.2) is 5.76 Å². The maximum Gasteiger partial charge on any atom is 0.289 e. The van der Waals surface area contributed by atoms with Crippen LogP contribution in [0.2, 0.25) is 0 Å². The maximum atomic E-state index is 12.8. The van der Waals surface area contributed by atoms with E-state index < -0.39 is 0 Å². The van der Waals surface area contributed by atoms with Gasteiger partial charge in [-0.1, -0.05) is 13.8 Å². The number of piperazine rings is 1. The number of hydrogen-bond donors (Lipinski definition) is 1. The molecule has 3 heterocycles. The molecule has 1 amide bonds. The van der Waals surface area contributed by atoms with E-state index in [-0.39, 0.29) is 11.9 Å². The van der Waals surface area contributed by atoms with Gasteiger partial charge in [0, 0.05) is 38.4 Å². The van der Waals surface area contributed by atoms with Gasteiger partial charge in [-0.2, -0.15) is 0 Å². The third-order valence-electron chi connectivity index (χ3n) is 4.57. The quantitative estimate of drug-likeness (QED) is 0.940. The first-order valence-corrected chi connectivity index (χ1v) is 8.25. The number of aryl methyl sites for hydroxylation is 2. The highest BCUT2D eigenvalue weighted by atomic mass is 16.4. The number of furan rings is 1. The van der Waals surface area contributed by atoms with Crippen LogP contribution in [0.5, 0.6) is 0 Å². The van der Waals surface area contributed by atoms with Crippen molar-refractivity contribution >= 4 is 5.91 Å². The number of rotatable bonds is 4. The van der Waals surface area contributed by atoms with E-state index >= 15 is 0 Å². The lowest BCUT2D eigenvalue weighted by Gasteiger charge is -2.39. The molecular formula is C17H24N4O2. The van der Waals surface area contributed by atoms with Crippen LogP contribution in [0, 0.1) is 6.92 Å². The number of carbonyl (C=O) groups excluding carboxylic acids is 1. The van der Waals surface area contributed by atoms with Crippen molar-refractivity contribution < 1.29 is 9.21 Å². The van der Waals surface area contributed by atoms with E-state index in [1.165, 1.54) is 0 Å². The van der Waals surface area contributed by atoms with Gasteiger partial charge in [0.25, 0.3) is 5.91 Å².